The minimum absolute atomic E-state index is 0.0411. The molecule has 0 aromatic heterocycles. The number of ether oxygens (including phenoxy) is 1. The van der Waals surface area contributed by atoms with Crippen molar-refractivity contribution in [3.63, 3.8) is 0 Å². The number of hydrogen-bond donors (Lipinski definition) is 0. The normalized spacial score (nSPS) is 16.4. The summed E-state index contributed by atoms with van der Waals surface area (Å²) in [6, 6.07) is 0. The Morgan fingerprint density at radius 3 is 2.42 bits per heavy atom. The van der Waals surface area contributed by atoms with E-state index in [1.807, 2.05) is 0 Å². The number of esters is 1. The zero-order valence-corrected chi connectivity index (χ0v) is 12.3. The zero-order chi connectivity index (χ0) is 14.3. The van der Waals surface area contributed by atoms with Gasteiger partial charge >= 0.3 is 5.97 Å². The van der Waals surface area contributed by atoms with Gasteiger partial charge in [-0.3, -0.25) is 9.59 Å². The van der Waals surface area contributed by atoms with Crippen LogP contribution in [0.15, 0.2) is 0 Å². The van der Waals surface area contributed by atoms with Crippen molar-refractivity contribution < 1.29 is 14.3 Å². The van der Waals surface area contributed by atoms with Gasteiger partial charge in [0.2, 0.25) is 5.78 Å². The maximum Gasteiger partial charge on any atom is 0.312 e. The van der Waals surface area contributed by atoms with E-state index in [0.717, 1.165) is 25.7 Å². The van der Waals surface area contributed by atoms with E-state index in [0.29, 0.717) is 13.0 Å². The summed E-state index contributed by atoms with van der Waals surface area (Å²) in [5.41, 5.74) is -0.643. The van der Waals surface area contributed by atoms with Gasteiger partial charge in [-0.15, -0.1) is 0 Å². The summed E-state index contributed by atoms with van der Waals surface area (Å²) in [5, 5.41) is 0. The Balaban J connectivity index is 2.49. The first-order chi connectivity index (χ1) is 8.97. The van der Waals surface area contributed by atoms with Crippen molar-refractivity contribution in [3.8, 4) is 11.8 Å². The molecule has 3 nitrogen and oxygen atoms in total. The molecule has 0 saturated heterocycles. The molecule has 0 heterocycles. The first-order valence-electron chi connectivity index (χ1n) is 7.17. The molecule has 0 spiro atoms. The summed E-state index contributed by atoms with van der Waals surface area (Å²) in [7, 11) is 0. The van der Waals surface area contributed by atoms with E-state index in [4.69, 9.17) is 4.74 Å². The lowest BCUT2D eigenvalue weighted by Crippen LogP contribution is -2.26. The quantitative estimate of drug-likeness (QED) is 0.445. The molecule has 106 valence electrons. The minimum atomic E-state index is -0.643. The lowest BCUT2D eigenvalue weighted by atomic mass is 9.86. The molecule has 1 fully saturated rings. The Bertz CT molecular complexity index is 379. The van der Waals surface area contributed by atoms with Crippen LogP contribution in [0.1, 0.15) is 59.3 Å². The van der Waals surface area contributed by atoms with Crippen LogP contribution in [0.5, 0.6) is 0 Å². The van der Waals surface area contributed by atoms with Crippen molar-refractivity contribution in [2.24, 2.45) is 11.3 Å². The predicted octanol–water partition coefficient (Wildman–Crippen LogP) is 3.12. The average molecular weight is 264 g/mol. The minimum Gasteiger partial charge on any atom is -0.466 e. The lowest BCUT2D eigenvalue weighted by Gasteiger charge is -2.19. The van der Waals surface area contributed by atoms with Crippen LogP contribution in [-0.4, -0.2) is 18.4 Å². The molecule has 0 amide bonds. The van der Waals surface area contributed by atoms with Crippen LogP contribution < -0.4 is 0 Å². The summed E-state index contributed by atoms with van der Waals surface area (Å²) in [5.74, 6) is 5.47. The molecule has 0 unspecified atom stereocenters. The Kier molecular flexibility index (Phi) is 6.08. The number of rotatable bonds is 4. The standard InChI is InChI=1S/C16H24O3/c1-4-19-15(18)16(2,3)12-8-11-14(17)13-9-6-5-7-10-13/h13H,4-7,9-10,12H2,1-3H3. The largest absolute Gasteiger partial charge is 0.466 e. The highest BCUT2D eigenvalue weighted by Gasteiger charge is 2.28. The molecule has 3 heteroatoms. The van der Waals surface area contributed by atoms with Crippen LogP contribution >= 0.6 is 0 Å². The van der Waals surface area contributed by atoms with E-state index < -0.39 is 5.41 Å². The molecule has 0 atom stereocenters. The van der Waals surface area contributed by atoms with Crippen LogP contribution in [0.25, 0.3) is 0 Å². The van der Waals surface area contributed by atoms with Gasteiger partial charge in [-0.05, 0) is 39.5 Å². The van der Waals surface area contributed by atoms with E-state index in [9.17, 15) is 9.59 Å². The zero-order valence-electron chi connectivity index (χ0n) is 12.3. The van der Waals surface area contributed by atoms with E-state index >= 15 is 0 Å². The molecule has 1 aliphatic rings. The maximum atomic E-state index is 11.9. The molecular weight excluding hydrogens is 240 g/mol. The number of ketones is 1. The van der Waals surface area contributed by atoms with Crippen LogP contribution in [-0.2, 0) is 14.3 Å². The van der Waals surface area contributed by atoms with Gasteiger partial charge in [-0.1, -0.05) is 25.2 Å². The highest BCUT2D eigenvalue weighted by molar-refractivity contribution is 5.97. The SMILES string of the molecule is CCOC(=O)C(C)(C)CC#CC(=O)C1CCCCC1. The predicted molar refractivity (Wildman–Crippen MR) is 74.4 cm³/mol. The number of carbonyl (C=O) groups excluding carboxylic acids is 2. The Morgan fingerprint density at radius 2 is 1.84 bits per heavy atom. The van der Waals surface area contributed by atoms with Crippen molar-refractivity contribution in [3.05, 3.63) is 0 Å². The number of Topliss-reactive ketones (excluding diaryl/α,β-unsaturated/α-hetero) is 1. The third kappa shape index (κ3) is 5.06. The van der Waals surface area contributed by atoms with Crippen molar-refractivity contribution in [1.82, 2.24) is 0 Å². The Morgan fingerprint density at radius 1 is 1.21 bits per heavy atom. The topological polar surface area (TPSA) is 43.4 Å². The lowest BCUT2D eigenvalue weighted by molar-refractivity contribution is -0.153. The second-order valence-electron chi connectivity index (χ2n) is 5.78. The van der Waals surface area contributed by atoms with Gasteiger partial charge in [0.15, 0.2) is 0 Å². The molecule has 1 aliphatic carbocycles. The van der Waals surface area contributed by atoms with Crippen molar-refractivity contribution >= 4 is 11.8 Å². The van der Waals surface area contributed by atoms with Crippen molar-refractivity contribution in [1.29, 1.82) is 0 Å². The monoisotopic (exact) mass is 264 g/mol. The highest BCUT2D eigenvalue weighted by atomic mass is 16.5. The summed E-state index contributed by atoms with van der Waals surface area (Å²) in [6.45, 7) is 5.75. The van der Waals surface area contributed by atoms with Gasteiger partial charge in [0.05, 0.1) is 12.0 Å². The Labute approximate surface area is 116 Å². The molecule has 0 radical (unpaired) electrons. The van der Waals surface area contributed by atoms with Gasteiger partial charge in [0.25, 0.3) is 0 Å². The molecule has 0 aromatic carbocycles. The maximum absolute atomic E-state index is 11.9. The summed E-state index contributed by atoms with van der Waals surface area (Å²) in [4.78, 5) is 23.6. The van der Waals surface area contributed by atoms with Crippen LogP contribution in [0.2, 0.25) is 0 Å². The third-order valence-electron chi connectivity index (χ3n) is 3.55. The molecule has 1 saturated carbocycles. The summed E-state index contributed by atoms with van der Waals surface area (Å²) < 4.78 is 4.99. The highest BCUT2D eigenvalue weighted by Crippen LogP contribution is 2.24. The molecule has 0 N–H and O–H groups in total. The van der Waals surface area contributed by atoms with E-state index in [2.05, 4.69) is 11.8 Å². The molecule has 0 aromatic rings. The second-order valence-corrected chi connectivity index (χ2v) is 5.78. The molecule has 19 heavy (non-hydrogen) atoms. The van der Waals surface area contributed by atoms with E-state index in [1.54, 1.807) is 20.8 Å². The third-order valence-corrected chi connectivity index (χ3v) is 3.55. The van der Waals surface area contributed by atoms with E-state index in [-0.39, 0.29) is 17.7 Å². The fourth-order valence-corrected chi connectivity index (χ4v) is 2.22. The Hall–Kier alpha value is -1.30. The van der Waals surface area contributed by atoms with Crippen molar-refractivity contribution in [2.75, 3.05) is 6.61 Å². The van der Waals surface area contributed by atoms with Gasteiger partial charge in [-0.25, -0.2) is 0 Å². The van der Waals surface area contributed by atoms with Gasteiger partial charge in [0.1, 0.15) is 0 Å². The first kappa shape index (κ1) is 15.8. The van der Waals surface area contributed by atoms with Crippen LogP contribution in [0, 0.1) is 23.2 Å². The van der Waals surface area contributed by atoms with Crippen molar-refractivity contribution in [2.45, 2.75) is 59.3 Å². The molecular formula is C16H24O3. The number of hydrogen-bond acceptors (Lipinski definition) is 3. The molecule has 0 bridgehead atoms. The van der Waals surface area contributed by atoms with Gasteiger partial charge in [0, 0.05) is 12.3 Å². The van der Waals surface area contributed by atoms with Crippen LogP contribution in [0.4, 0.5) is 0 Å². The average Bonchev–Trinajstić information content (AvgIpc) is 2.39. The van der Waals surface area contributed by atoms with Gasteiger partial charge < -0.3 is 4.74 Å². The summed E-state index contributed by atoms with van der Waals surface area (Å²) >= 11 is 0. The fraction of sp³-hybridized carbons (Fsp3) is 0.750. The van der Waals surface area contributed by atoms with E-state index in [1.165, 1.54) is 6.42 Å². The molecule has 1 rings (SSSR count). The smallest absolute Gasteiger partial charge is 0.312 e. The van der Waals surface area contributed by atoms with Crippen LogP contribution in [0.3, 0.4) is 0 Å². The first-order valence-corrected chi connectivity index (χ1v) is 7.17. The number of carbonyl (C=O) groups is 2. The van der Waals surface area contributed by atoms with Gasteiger partial charge in [-0.2, -0.15) is 0 Å². The molecule has 0 aliphatic heterocycles. The fourth-order valence-electron chi connectivity index (χ4n) is 2.22. The second kappa shape index (κ2) is 7.33. The summed E-state index contributed by atoms with van der Waals surface area (Å²) in [6.07, 6.45) is 5.79.